The summed E-state index contributed by atoms with van der Waals surface area (Å²) in [5, 5.41) is -1.05. The van der Waals surface area contributed by atoms with Gasteiger partial charge in [-0.2, -0.15) is 0 Å². The number of hydrogen-bond acceptors (Lipinski definition) is 4. The molecule has 0 unspecified atom stereocenters. The van der Waals surface area contributed by atoms with Crippen LogP contribution in [0, 0.1) is 6.92 Å². The summed E-state index contributed by atoms with van der Waals surface area (Å²) in [5.41, 5.74) is 0.435. The first-order chi connectivity index (χ1) is 10.4. The van der Waals surface area contributed by atoms with Gasteiger partial charge in [0.15, 0.2) is 5.43 Å². The molecule has 2 aromatic carbocycles. The van der Waals surface area contributed by atoms with Gasteiger partial charge in [0.05, 0.1) is 10.9 Å². The summed E-state index contributed by atoms with van der Waals surface area (Å²) in [6, 6.07) is 8.56. The van der Waals surface area contributed by atoms with Crippen molar-refractivity contribution < 1.29 is 9.59 Å². The van der Waals surface area contributed by atoms with E-state index in [4.69, 9.17) is 23.2 Å². The van der Waals surface area contributed by atoms with Crippen molar-refractivity contribution >= 4 is 65.2 Å². The Kier molecular flexibility index (Phi) is 3.77. The van der Waals surface area contributed by atoms with E-state index >= 15 is 0 Å². The highest BCUT2D eigenvalue weighted by molar-refractivity contribution is 7.24. The van der Waals surface area contributed by atoms with Crippen LogP contribution in [0.5, 0.6) is 0 Å². The highest BCUT2D eigenvalue weighted by Crippen LogP contribution is 2.30. The number of carbonyl (C=O) groups excluding carboxylic acids is 2. The fourth-order valence-corrected chi connectivity index (χ4v) is 3.85. The monoisotopic (exact) mass is 350 g/mol. The molecule has 0 aliphatic heterocycles. The van der Waals surface area contributed by atoms with Gasteiger partial charge >= 0.3 is 0 Å². The Morgan fingerprint density at radius 3 is 2.32 bits per heavy atom. The minimum atomic E-state index is -0.870. The molecule has 22 heavy (non-hydrogen) atoms. The number of benzene rings is 2. The Morgan fingerprint density at radius 1 is 1.00 bits per heavy atom. The smallest absolute Gasteiger partial charge is 0.253 e. The largest absolute Gasteiger partial charge is 0.288 e. The van der Waals surface area contributed by atoms with Crippen LogP contribution in [0.4, 0.5) is 0 Å². The topological polar surface area (TPSA) is 51.2 Å². The van der Waals surface area contributed by atoms with Gasteiger partial charge in [0.2, 0.25) is 0 Å². The van der Waals surface area contributed by atoms with E-state index in [0.717, 1.165) is 10.3 Å². The van der Waals surface area contributed by atoms with Crippen molar-refractivity contribution in [1.29, 1.82) is 0 Å². The molecule has 0 N–H and O–H groups in total. The summed E-state index contributed by atoms with van der Waals surface area (Å²) in [4.78, 5) is 36.0. The van der Waals surface area contributed by atoms with Gasteiger partial charge in [-0.3, -0.25) is 14.4 Å². The van der Waals surface area contributed by atoms with E-state index in [-0.39, 0.29) is 21.9 Å². The molecular formula is C16H8Cl2O3S. The number of aryl methyl sites for hydroxylation is 1. The molecule has 0 saturated heterocycles. The van der Waals surface area contributed by atoms with Gasteiger partial charge in [-0.15, -0.1) is 11.3 Å². The van der Waals surface area contributed by atoms with Crippen molar-refractivity contribution in [2.75, 3.05) is 0 Å². The first-order valence-electron chi connectivity index (χ1n) is 6.30. The molecule has 0 aliphatic carbocycles. The minimum absolute atomic E-state index is 0.0505. The quantitative estimate of drug-likeness (QED) is 0.505. The molecule has 3 nitrogen and oxygen atoms in total. The number of hydrogen-bond donors (Lipinski definition) is 0. The fourth-order valence-electron chi connectivity index (χ4n) is 2.43. The van der Waals surface area contributed by atoms with Gasteiger partial charge < -0.3 is 0 Å². The van der Waals surface area contributed by atoms with Crippen LogP contribution in [0.2, 0.25) is 0 Å². The molecule has 1 heterocycles. The molecule has 0 saturated carbocycles. The number of rotatable bonds is 2. The summed E-state index contributed by atoms with van der Waals surface area (Å²) >= 11 is 12.5. The van der Waals surface area contributed by atoms with Crippen molar-refractivity contribution in [2.24, 2.45) is 0 Å². The van der Waals surface area contributed by atoms with Crippen LogP contribution < -0.4 is 5.43 Å². The molecule has 6 heteroatoms. The molecule has 0 atom stereocenters. The van der Waals surface area contributed by atoms with E-state index in [2.05, 4.69) is 0 Å². The van der Waals surface area contributed by atoms with E-state index < -0.39 is 10.5 Å². The van der Waals surface area contributed by atoms with Gasteiger partial charge in [0.25, 0.3) is 10.5 Å². The Balaban J connectivity index is 2.61. The molecule has 3 aromatic rings. The molecule has 0 fully saturated rings. The van der Waals surface area contributed by atoms with Crippen LogP contribution in [-0.4, -0.2) is 10.5 Å². The lowest BCUT2D eigenvalue weighted by molar-refractivity contribution is 0.105. The maximum absolute atomic E-state index is 12.8. The van der Waals surface area contributed by atoms with Gasteiger partial charge in [0.1, 0.15) is 0 Å². The Morgan fingerprint density at radius 2 is 1.68 bits per heavy atom. The van der Waals surface area contributed by atoms with E-state index in [0.29, 0.717) is 10.1 Å². The van der Waals surface area contributed by atoms with Gasteiger partial charge in [0, 0.05) is 20.3 Å². The lowest BCUT2D eigenvalue weighted by atomic mass is 10.0. The van der Waals surface area contributed by atoms with Gasteiger partial charge in [-0.1, -0.05) is 11.6 Å². The zero-order valence-corrected chi connectivity index (χ0v) is 13.6. The van der Waals surface area contributed by atoms with Crippen LogP contribution >= 0.6 is 34.5 Å². The van der Waals surface area contributed by atoms with Crippen molar-refractivity contribution in [2.45, 2.75) is 6.92 Å². The third-order valence-corrected chi connectivity index (χ3v) is 4.93. The second-order valence-corrected chi connectivity index (χ2v) is 6.61. The van der Waals surface area contributed by atoms with Crippen molar-refractivity contribution in [3.8, 4) is 0 Å². The predicted molar refractivity (Wildman–Crippen MR) is 90.7 cm³/mol. The fraction of sp³-hybridized carbons (Fsp3) is 0.0625. The minimum Gasteiger partial charge on any atom is -0.288 e. The van der Waals surface area contributed by atoms with Crippen molar-refractivity contribution in [3.05, 3.63) is 57.2 Å². The SMILES string of the molecule is Cc1ccc2sc3ccc(C(=O)Cl)c(C(=O)Cl)c3c(=O)c2c1. The Labute approximate surface area is 139 Å². The normalized spacial score (nSPS) is 11.0. The Hall–Kier alpha value is -1.75. The highest BCUT2D eigenvalue weighted by atomic mass is 35.5. The van der Waals surface area contributed by atoms with E-state index in [9.17, 15) is 14.4 Å². The van der Waals surface area contributed by atoms with Crippen molar-refractivity contribution in [1.82, 2.24) is 0 Å². The van der Waals surface area contributed by atoms with Gasteiger partial charge in [-0.25, -0.2) is 0 Å². The molecule has 0 amide bonds. The van der Waals surface area contributed by atoms with E-state index in [1.54, 1.807) is 12.1 Å². The third-order valence-electron chi connectivity index (χ3n) is 3.40. The maximum Gasteiger partial charge on any atom is 0.253 e. The Bertz CT molecular complexity index is 1020. The lowest BCUT2D eigenvalue weighted by Crippen LogP contribution is -2.10. The third kappa shape index (κ3) is 2.33. The number of carbonyl (C=O) groups is 2. The molecule has 0 aliphatic rings. The molecular weight excluding hydrogens is 343 g/mol. The highest BCUT2D eigenvalue weighted by Gasteiger charge is 2.21. The molecule has 0 bridgehead atoms. The van der Waals surface area contributed by atoms with Gasteiger partial charge in [-0.05, 0) is 54.4 Å². The van der Waals surface area contributed by atoms with E-state index in [1.807, 2.05) is 19.1 Å². The average Bonchev–Trinajstić information content (AvgIpc) is 2.46. The van der Waals surface area contributed by atoms with Crippen LogP contribution in [0.3, 0.4) is 0 Å². The number of fused-ring (bicyclic) bond motifs is 2. The molecule has 1 aromatic heterocycles. The molecule has 0 spiro atoms. The first-order valence-corrected chi connectivity index (χ1v) is 7.87. The molecule has 3 rings (SSSR count). The van der Waals surface area contributed by atoms with Crippen LogP contribution in [0.25, 0.3) is 20.2 Å². The van der Waals surface area contributed by atoms with Crippen LogP contribution in [0.15, 0.2) is 35.1 Å². The summed E-state index contributed by atoms with van der Waals surface area (Å²) in [7, 11) is 0. The zero-order chi connectivity index (χ0) is 16.0. The van der Waals surface area contributed by atoms with E-state index in [1.165, 1.54) is 17.4 Å². The second-order valence-electron chi connectivity index (χ2n) is 4.84. The number of halogens is 2. The average molecular weight is 351 g/mol. The summed E-state index contributed by atoms with van der Waals surface area (Å²) in [6.45, 7) is 1.88. The standard InChI is InChI=1S/C16H8Cl2O3S/c1-7-2-4-10-9(6-7)14(19)13-11(22-10)5-3-8(15(17)20)12(13)16(18)21/h2-6H,1H3. The second kappa shape index (κ2) is 5.47. The lowest BCUT2D eigenvalue weighted by Gasteiger charge is -2.07. The maximum atomic E-state index is 12.8. The first kappa shape index (κ1) is 15.2. The zero-order valence-electron chi connectivity index (χ0n) is 11.3. The summed E-state index contributed by atoms with van der Waals surface area (Å²) in [6.07, 6.45) is 0. The van der Waals surface area contributed by atoms with Crippen LogP contribution in [-0.2, 0) is 0 Å². The van der Waals surface area contributed by atoms with Crippen LogP contribution in [0.1, 0.15) is 26.3 Å². The summed E-state index contributed by atoms with van der Waals surface area (Å²) in [5.74, 6) is 0. The molecule has 0 radical (unpaired) electrons. The van der Waals surface area contributed by atoms with Crippen molar-refractivity contribution in [3.63, 3.8) is 0 Å². The summed E-state index contributed by atoms with van der Waals surface area (Å²) < 4.78 is 1.40. The predicted octanol–water partition coefficient (Wildman–Crippen LogP) is 4.48. The molecule has 110 valence electrons.